The smallest absolute Gasteiger partial charge is 0.240 e. The second-order valence-corrected chi connectivity index (χ2v) is 8.23. The molecule has 1 aliphatic rings. The van der Waals surface area contributed by atoms with Crippen LogP contribution < -0.4 is 5.32 Å². The molecule has 0 saturated carbocycles. The number of anilines is 1. The van der Waals surface area contributed by atoms with E-state index < -0.39 is 0 Å². The van der Waals surface area contributed by atoms with Crippen LogP contribution in [0, 0.1) is 5.82 Å². The third-order valence-corrected chi connectivity index (χ3v) is 5.89. The van der Waals surface area contributed by atoms with Gasteiger partial charge in [0.25, 0.3) is 0 Å². The first-order chi connectivity index (χ1) is 12.9. The SMILES string of the molecule is CC(C)N1CCC(N(C)CC(=O)Nc2nc(-c3ccc(F)cc3)cs2)CC1. The number of likely N-dealkylation sites (tertiary alicyclic amines) is 1. The van der Waals surface area contributed by atoms with Gasteiger partial charge in [0, 0.05) is 23.0 Å². The van der Waals surface area contributed by atoms with E-state index in [9.17, 15) is 9.18 Å². The molecule has 2 aromatic rings. The molecular formula is C20H27FN4OS. The number of halogens is 1. The fourth-order valence-electron chi connectivity index (χ4n) is 3.44. The number of carbonyl (C=O) groups is 1. The summed E-state index contributed by atoms with van der Waals surface area (Å²) >= 11 is 1.38. The zero-order valence-corrected chi connectivity index (χ0v) is 16.9. The fourth-order valence-corrected chi connectivity index (χ4v) is 4.18. The molecule has 1 amide bonds. The van der Waals surface area contributed by atoms with Gasteiger partial charge in [-0.15, -0.1) is 11.3 Å². The highest BCUT2D eigenvalue weighted by Gasteiger charge is 2.24. The second kappa shape index (κ2) is 8.91. The van der Waals surface area contributed by atoms with E-state index in [0.29, 0.717) is 23.8 Å². The molecule has 0 atom stereocenters. The lowest BCUT2D eigenvalue weighted by Crippen LogP contribution is -2.47. The molecule has 0 unspecified atom stereocenters. The molecule has 7 heteroatoms. The van der Waals surface area contributed by atoms with Crippen LogP contribution in [0.2, 0.25) is 0 Å². The Bertz CT molecular complexity index is 754. The van der Waals surface area contributed by atoms with Crippen LogP contribution in [0.5, 0.6) is 0 Å². The van der Waals surface area contributed by atoms with Gasteiger partial charge in [-0.25, -0.2) is 9.37 Å². The number of thiazole rings is 1. The van der Waals surface area contributed by atoms with E-state index in [1.165, 1.54) is 23.5 Å². The standard InChI is InChI=1S/C20H27FN4OS/c1-14(2)25-10-8-17(9-11-25)24(3)12-19(26)23-20-22-18(13-27-20)15-4-6-16(21)7-5-15/h4-7,13-14,17H,8-12H2,1-3H3,(H,22,23,26). The Morgan fingerprint density at radius 1 is 1.33 bits per heavy atom. The van der Waals surface area contributed by atoms with Gasteiger partial charge in [-0.3, -0.25) is 9.69 Å². The first-order valence-electron chi connectivity index (χ1n) is 9.38. The Labute approximate surface area is 164 Å². The van der Waals surface area contributed by atoms with Gasteiger partial charge in [0.15, 0.2) is 5.13 Å². The number of rotatable bonds is 6. The monoisotopic (exact) mass is 390 g/mol. The van der Waals surface area contributed by atoms with E-state index in [4.69, 9.17) is 0 Å². The number of piperidine rings is 1. The van der Waals surface area contributed by atoms with Crippen LogP contribution in [0.15, 0.2) is 29.6 Å². The highest BCUT2D eigenvalue weighted by molar-refractivity contribution is 7.14. The van der Waals surface area contributed by atoms with Crippen molar-refractivity contribution in [2.24, 2.45) is 0 Å². The summed E-state index contributed by atoms with van der Waals surface area (Å²) in [5.74, 6) is -0.325. The van der Waals surface area contributed by atoms with E-state index in [1.54, 1.807) is 12.1 Å². The van der Waals surface area contributed by atoms with E-state index in [-0.39, 0.29) is 11.7 Å². The van der Waals surface area contributed by atoms with Crippen LogP contribution in [0.1, 0.15) is 26.7 Å². The number of likely N-dealkylation sites (N-methyl/N-ethyl adjacent to an activating group) is 1. The van der Waals surface area contributed by atoms with Gasteiger partial charge in [0.05, 0.1) is 12.2 Å². The topological polar surface area (TPSA) is 48.5 Å². The summed E-state index contributed by atoms with van der Waals surface area (Å²) in [6, 6.07) is 7.22. The summed E-state index contributed by atoms with van der Waals surface area (Å²) < 4.78 is 13.0. The molecule has 1 aliphatic heterocycles. The maximum Gasteiger partial charge on any atom is 0.240 e. The minimum Gasteiger partial charge on any atom is -0.301 e. The lowest BCUT2D eigenvalue weighted by molar-refractivity contribution is -0.117. The zero-order chi connectivity index (χ0) is 19.4. The summed E-state index contributed by atoms with van der Waals surface area (Å²) in [6.07, 6.45) is 2.18. The van der Waals surface area contributed by atoms with Crippen LogP contribution in [-0.2, 0) is 4.79 Å². The molecule has 1 aromatic heterocycles. The number of nitrogens with zero attached hydrogens (tertiary/aromatic N) is 3. The van der Waals surface area contributed by atoms with Gasteiger partial charge in [0.2, 0.25) is 5.91 Å². The van der Waals surface area contributed by atoms with Crippen molar-refractivity contribution in [1.82, 2.24) is 14.8 Å². The molecule has 1 aromatic carbocycles. The lowest BCUT2D eigenvalue weighted by atomic mass is 10.0. The predicted octanol–water partition coefficient (Wildman–Crippen LogP) is 3.69. The van der Waals surface area contributed by atoms with Crippen molar-refractivity contribution in [3.63, 3.8) is 0 Å². The average Bonchev–Trinajstić information content (AvgIpc) is 3.10. The molecule has 3 rings (SSSR count). The number of carbonyl (C=O) groups excluding carboxylic acids is 1. The summed E-state index contributed by atoms with van der Waals surface area (Å²) in [7, 11) is 2.01. The summed E-state index contributed by atoms with van der Waals surface area (Å²) in [5, 5.41) is 5.32. The summed E-state index contributed by atoms with van der Waals surface area (Å²) in [5.41, 5.74) is 1.58. The Balaban J connectivity index is 1.50. The maximum atomic E-state index is 13.0. The van der Waals surface area contributed by atoms with Crippen LogP contribution in [0.25, 0.3) is 11.3 Å². The van der Waals surface area contributed by atoms with Crippen LogP contribution in [0.3, 0.4) is 0 Å². The van der Waals surface area contributed by atoms with Gasteiger partial charge < -0.3 is 10.2 Å². The van der Waals surface area contributed by atoms with Gasteiger partial charge in [-0.05, 0) is 71.1 Å². The molecule has 1 saturated heterocycles. The van der Waals surface area contributed by atoms with Gasteiger partial charge in [-0.2, -0.15) is 0 Å². The van der Waals surface area contributed by atoms with Crippen molar-refractivity contribution < 1.29 is 9.18 Å². The van der Waals surface area contributed by atoms with Crippen LogP contribution in [0.4, 0.5) is 9.52 Å². The number of hydrogen-bond donors (Lipinski definition) is 1. The van der Waals surface area contributed by atoms with Crippen molar-refractivity contribution in [3.05, 3.63) is 35.5 Å². The average molecular weight is 391 g/mol. The molecule has 2 heterocycles. The first-order valence-corrected chi connectivity index (χ1v) is 10.3. The molecule has 0 bridgehead atoms. The molecule has 5 nitrogen and oxygen atoms in total. The third kappa shape index (κ3) is 5.34. The van der Waals surface area contributed by atoms with Crippen molar-refractivity contribution in [3.8, 4) is 11.3 Å². The normalized spacial score (nSPS) is 16.2. The quantitative estimate of drug-likeness (QED) is 0.817. The Hall–Kier alpha value is -1.83. The Morgan fingerprint density at radius 2 is 2.00 bits per heavy atom. The maximum absolute atomic E-state index is 13.0. The zero-order valence-electron chi connectivity index (χ0n) is 16.1. The van der Waals surface area contributed by atoms with Crippen molar-refractivity contribution in [1.29, 1.82) is 0 Å². The Morgan fingerprint density at radius 3 is 2.63 bits per heavy atom. The molecule has 27 heavy (non-hydrogen) atoms. The van der Waals surface area contributed by atoms with Crippen LogP contribution >= 0.6 is 11.3 Å². The minimum atomic E-state index is -0.273. The van der Waals surface area contributed by atoms with E-state index in [2.05, 4.69) is 33.9 Å². The largest absolute Gasteiger partial charge is 0.301 e. The number of amides is 1. The molecule has 146 valence electrons. The molecule has 0 radical (unpaired) electrons. The molecule has 0 spiro atoms. The fraction of sp³-hybridized carbons (Fsp3) is 0.500. The highest BCUT2D eigenvalue weighted by atomic mass is 32.1. The van der Waals surface area contributed by atoms with E-state index in [0.717, 1.165) is 37.2 Å². The number of hydrogen-bond acceptors (Lipinski definition) is 5. The van der Waals surface area contributed by atoms with Gasteiger partial charge in [0.1, 0.15) is 5.82 Å². The van der Waals surface area contributed by atoms with E-state index in [1.807, 2.05) is 12.4 Å². The van der Waals surface area contributed by atoms with Crippen LogP contribution in [-0.4, -0.2) is 59.5 Å². The Kier molecular flexibility index (Phi) is 6.57. The van der Waals surface area contributed by atoms with E-state index >= 15 is 0 Å². The summed E-state index contributed by atoms with van der Waals surface area (Å²) in [6.45, 7) is 6.98. The first kappa shape index (κ1) is 19.9. The molecule has 1 N–H and O–H groups in total. The highest BCUT2D eigenvalue weighted by Crippen LogP contribution is 2.25. The number of benzene rings is 1. The molecular weight excluding hydrogens is 363 g/mol. The van der Waals surface area contributed by atoms with Crippen molar-refractivity contribution >= 4 is 22.4 Å². The molecule has 1 fully saturated rings. The van der Waals surface area contributed by atoms with Crippen molar-refractivity contribution in [2.75, 3.05) is 32.0 Å². The third-order valence-electron chi connectivity index (χ3n) is 5.14. The summed E-state index contributed by atoms with van der Waals surface area (Å²) in [4.78, 5) is 21.4. The number of nitrogens with one attached hydrogen (secondary N) is 1. The minimum absolute atomic E-state index is 0.0520. The van der Waals surface area contributed by atoms with Gasteiger partial charge >= 0.3 is 0 Å². The van der Waals surface area contributed by atoms with Gasteiger partial charge in [-0.1, -0.05) is 0 Å². The second-order valence-electron chi connectivity index (χ2n) is 7.37. The number of aromatic nitrogens is 1. The molecule has 0 aliphatic carbocycles. The predicted molar refractivity (Wildman–Crippen MR) is 108 cm³/mol. The lowest BCUT2D eigenvalue weighted by Gasteiger charge is -2.38. The van der Waals surface area contributed by atoms with Crippen molar-refractivity contribution in [2.45, 2.75) is 38.8 Å².